The van der Waals surface area contributed by atoms with Crippen LogP contribution in [0.5, 0.6) is 5.75 Å². The van der Waals surface area contributed by atoms with Gasteiger partial charge in [0.1, 0.15) is 29.5 Å². The number of imide groups is 1. The molecule has 0 spiro atoms. The van der Waals surface area contributed by atoms with Crippen molar-refractivity contribution in [3.05, 3.63) is 88.1 Å². The number of carbonyl (C=O) groups excluding carboxylic acids is 4. The molecule has 0 bridgehead atoms. The van der Waals surface area contributed by atoms with Crippen molar-refractivity contribution in [1.29, 1.82) is 5.26 Å². The van der Waals surface area contributed by atoms with Gasteiger partial charge in [0.15, 0.2) is 5.76 Å². The van der Waals surface area contributed by atoms with E-state index in [1.807, 2.05) is 24.3 Å². The minimum atomic E-state index is -0.657. The second-order valence-electron chi connectivity index (χ2n) is 18.9. The number of anilines is 2. The highest BCUT2D eigenvalue weighted by Crippen LogP contribution is 2.55. The Morgan fingerprint density at radius 2 is 1.60 bits per heavy atom. The number of amides is 4. The van der Waals surface area contributed by atoms with Crippen molar-refractivity contribution in [2.45, 2.75) is 84.5 Å². The van der Waals surface area contributed by atoms with Crippen molar-refractivity contribution in [3.63, 3.8) is 0 Å². The van der Waals surface area contributed by atoms with Crippen LogP contribution in [0.15, 0.2) is 65.1 Å². The summed E-state index contributed by atoms with van der Waals surface area (Å²) in [5, 5.41) is 16.1. The molecule has 1 saturated carbocycles. The van der Waals surface area contributed by atoms with E-state index in [2.05, 4.69) is 77.3 Å². The van der Waals surface area contributed by atoms with Gasteiger partial charge < -0.3 is 29.2 Å². The highest BCUT2D eigenvalue weighted by molar-refractivity contribution is 6.31. The normalized spacial score (nSPS) is 23.8. The van der Waals surface area contributed by atoms with Gasteiger partial charge >= 0.3 is 0 Å². The first-order valence-electron chi connectivity index (χ1n) is 21.9. The molecule has 62 heavy (non-hydrogen) atoms. The zero-order valence-electron chi connectivity index (χ0n) is 35.8. The molecule has 4 amide bonds. The summed E-state index contributed by atoms with van der Waals surface area (Å²) >= 11 is 6.26. The van der Waals surface area contributed by atoms with Gasteiger partial charge in [0.25, 0.3) is 11.8 Å². The van der Waals surface area contributed by atoms with Crippen LogP contribution < -0.4 is 25.2 Å². The van der Waals surface area contributed by atoms with Gasteiger partial charge in [-0.1, -0.05) is 39.3 Å². The fraction of sp³-hybridized carbons (Fsp3) is 0.479. The number of nitrogens with one attached hydrogen (secondary N) is 2. The molecule has 2 N–H and O–H groups in total. The van der Waals surface area contributed by atoms with Gasteiger partial charge in [0, 0.05) is 103 Å². The Morgan fingerprint density at radius 3 is 2.27 bits per heavy atom. The van der Waals surface area contributed by atoms with Crippen molar-refractivity contribution < 1.29 is 28.3 Å². The molecule has 5 heterocycles. The van der Waals surface area contributed by atoms with Gasteiger partial charge in [-0.15, -0.1) is 0 Å². The van der Waals surface area contributed by atoms with Crippen molar-refractivity contribution >= 4 is 57.6 Å². The fourth-order valence-electron chi connectivity index (χ4n) is 11.0. The number of ether oxygens (including phenoxy) is 1. The number of carbonyl (C=O) groups is 4. The topological polar surface area (TPSA) is 151 Å². The number of hydrogen-bond donors (Lipinski definition) is 2. The Morgan fingerprint density at radius 1 is 0.903 bits per heavy atom. The van der Waals surface area contributed by atoms with Crippen molar-refractivity contribution in [2.24, 2.45) is 16.7 Å². The molecule has 4 aliphatic heterocycles. The lowest BCUT2D eigenvalue weighted by atomic mass is 9.49. The number of benzene rings is 3. The summed E-state index contributed by atoms with van der Waals surface area (Å²) in [6.45, 7) is 15.7. The molecular formula is C48H54ClN7O6. The summed E-state index contributed by atoms with van der Waals surface area (Å²) in [5.74, 6) is 0.467. The third-order valence-corrected chi connectivity index (χ3v) is 14.6. The zero-order valence-corrected chi connectivity index (χ0v) is 36.6. The van der Waals surface area contributed by atoms with Crippen LogP contribution in [0, 0.1) is 28.1 Å². The number of halogens is 1. The molecule has 14 heteroatoms. The molecular weight excluding hydrogens is 806 g/mol. The summed E-state index contributed by atoms with van der Waals surface area (Å²) in [7, 11) is 0. The van der Waals surface area contributed by atoms with Crippen LogP contribution in [0.4, 0.5) is 11.4 Å². The van der Waals surface area contributed by atoms with E-state index in [1.165, 1.54) is 11.3 Å². The fourth-order valence-corrected chi connectivity index (χ4v) is 11.2. The van der Waals surface area contributed by atoms with Crippen LogP contribution in [-0.2, 0) is 16.1 Å². The van der Waals surface area contributed by atoms with E-state index in [0.717, 1.165) is 81.0 Å². The van der Waals surface area contributed by atoms with Crippen LogP contribution in [0.25, 0.3) is 11.0 Å². The number of furan rings is 1. The predicted octanol–water partition coefficient (Wildman–Crippen LogP) is 6.76. The highest BCUT2D eigenvalue weighted by Gasteiger charge is 2.64. The van der Waals surface area contributed by atoms with E-state index < -0.39 is 11.9 Å². The Kier molecular flexibility index (Phi) is 11.0. The predicted molar refractivity (Wildman–Crippen MR) is 236 cm³/mol. The molecule has 1 aromatic heterocycles. The van der Waals surface area contributed by atoms with E-state index in [4.69, 9.17) is 20.8 Å². The van der Waals surface area contributed by atoms with Gasteiger partial charge in [0.2, 0.25) is 11.8 Å². The largest absolute Gasteiger partial charge is 0.489 e. The van der Waals surface area contributed by atoms with E-state index in [0.29, 0.717) is 52.1 Å². The average Bonchev–Trinajstić information content (AvgIpc) is 3.79. The van der Waals surface area contributed by atoms with E-state index in [-0.39, 0.29) is 47.1 Å². The summed E-state index contributed by atoms with van der Waals surface area (Å²) in [5.41, 5.74) is 4.09. The number of piperidine rings is 2. The lowest BCUT2D eigenvalue weighted by Crippen LogP contribution is -2.74. The first-order valence-corrected chi connectivity index (χ1v) is 22.3. The van der Waals surface area contributed by atoms with Gasteiger partial charge in [-0.3, -0.25) is 29.4 Å². The lowest BCUT2D eigenvalue weighted by molar-refractivity contribution is -0.164. The molecule has 4 fully saturated rings. The molecule has 4 aromatic rings. The van der Waals surface area contributed by atoms with Crippen molar-refractivity contribution in [2.75, 3.05) is 55.6 Å². The van der Waals surface area contributed by atoms with Crippen molar-refractivity contribution in [1.82, 2.24) is 20.4 Å². The monoisotopic (exact) mass is 859 g/mol. The van der Waals surface area contributed by atoms with Gasteiger partial charge in [-0.05, 0) is 86.7 Å². The van der Waals surface area contributed by atoms with E-state index in [1.54, 1.807) is 18.2 Å². The van der Waals surface area contributed by atoms with Crippen molar-refractivity contribution in [3.8, 4) is 11.8 Å². The minimum absolute atomic E-state index is 0.0981. The first-order chi connectivity index (χ1) is 29.7. The smallest absolute Gasteiger partial charge is 0.290 e. The summed E-state index contributed by atoms with van der Waals surface area (Å²) in [6, 6.07) is 20.6. The molecule has 13 nitrogen and oxygen atoms in total. The number of nitrogens with zero attached hydrogens (tertiary/aromatic N) is 5. The summed E-state index contributed by atoms with van der Waals surface area (Å²) in [4.78, 5) is 59.8. The molecule has 0 radical (unpaired) electrons. The standard InChI is InChI=1S/C48H54ClN7O6/c1-47(2)45(48(3,4)46(47)61-34-11-7-31(27-50)37(49)26-34)52-42(58)30-5-8-32(9-6-30)55-23-21-53(22-24-55)18-15-29-16-19-54(20-17-29)33-10-12-35-36-28-56(38-13-14-40(57)51-43(38)59)44(60)41(36)62-39(35)25-33/h5-12,25-26,29,38,45-46H,13-24,28H2,1-4H3,(H,52,58)(H,51,57,59)/t38?,45-,46-. The Hall–Kier alpha value is -5.58. The zero-order chi connectivity index (χ0) is 43.5. The van der Waals surface area contributed by atoms with Gasteiger partial charge in [-0.25, -0.2) is 0 Å². The first kappa shape index (κ1) is 41.8. The molecule has 1 atom stereocenters. The quantitative estimate of drug-likeness (QED) is 0.164. The molecule has 324 valence electrons. The Bertz CT molecular complexity index is 2440. The molecule has 1 aliphatic carbocycles. The maximum atomic E-state index is 13.5. The summed E-state index contributed by atoms with van der Waals surface area (Å²) in [6.07, 6.45) is 3.82. The second kappa shape index (κ2) is 16.3. The lowest BCUT2D eigenvalue weighted by Gasteiger charge is -2.63. The number of rotatable bonds is 10. The number of nitriles is 1. The summed E-state index contributed by atoms with van der Waals surface area (Å²) < 4.78 is 12.5. The van der Waals surface area contributed by atoms with E-state index in [9.17, 15) is 24.4 Å². The van der Waals surface area contributed by atoms with Crippen LogP contribution >= 0.6 is 11.6 Å². The Balaban J connectivity index is 0.709. The molecule has 1 unspecified atom stereocenters. The van der Waals surface area contributed by atoms with Gasteiger partial charge in [-0.2, -0.15) is 5.26 Å². The molecule has 3 aromatic carbocycles. The van der Waals surface area contributed by atoms with Crippen LogP contribution in [0.3, 0.4) is 0 Å². The average molecular weight is 860 g/mol. The third-order valence-electron chi connectivity index (χ3n) is 14.3. The SMILES string of the molecule is CC1(C)[C@H](NC(=O)c2ccc(N3CCN(CCC4CCN(c5ccc6c7c(oc6c5)C(=O)N(C5CCC(=O)NC5=O)C7)CC4)CC3)cc2)C(C)(C)[C@H]1Oc1ccc(C#N)c(Cl)c1. The van der Waals surface area contributed by atoms with Gasteiger partial charge in [0.05, 0.1) is 17.1 Å². The third kappa shape index (κ3) is 7.66. The van der Waals surface area contributed by atoms with E-state index >= 15 is 0 Å². The number of hydrogen-bond acceptors (Lipinski definition) is 10. The second-order valence-corrected chi connectivity index (χ2v) is 19.3. The molecule has 5 aliphatic rings. The maximum Gasteiger partial charge on any atom is 0.290 e. The minimum Gasteiger partial charge on any atom is -0.489 e. The van der Waals surface area contributed by atoms with Crippen LogP contribution in [0.1, 0.15) is 91.8 Å². The highest BCUT2D eigenvalue weighted by atomic mass is 35.5. The molecule has 3 saturated heterocycles. The number of fused-ring (bicyclic) bond motifs is 3. The number of piperazine rings is 1. The van der Waals surface area contributed by atoms with Crippen LogP contribution in [-0.4, -0.2) is 97.4 Å². The molecule has 9 rings (SSSR count). The maximum absolute atomic E-state index is 13.5. The van der Waals surface area contributed by atoms with Crippen LogP contribution in [0.2, 0.25) is 5.02 Å². The Labute approximate surface area is 367 Å².